The van der Waals surface area contributed by atoms with Crippen LogP contribution in [0.15, 0.2) is 64.4 Å². The molecule has 0 amide bonds. The van der Waals surface area contributed by atoms with E-state index in [1.807, 2.05) is 25.1 Å². The minimum absolute atomic E-state index is 0.112. The van der Waals surface area contributed by atoms with Crippen LogP contribution in [0.3, 0.4) is 0 Å². The standard InChI is InChI=1S/C24H33N3O4S2/c1-3-27(22-15-18-25(19-22)20(2)21-9-5-4-6-10-21)33(30,31)24-13-11-23(12-14-24)32(28,29)26-16-7-8-17-26/h4-6,9-14,20,22H,3,7-8,15-19H2,1-2H3/t20-,22-/m1/s1. The largest absolute Gasteiger partial charge is 0.295 e. The number of hydrogen-bond acceptors (Lipinski definition) is 5. The third-order valence-electron chi connectivity index (χ3n) is 6.88. The van der Waals surface area contributed by atoms with E-state index in [4.69, 9.17) is 0 Å². The van der Waals surface area contributed by atoms with E-state index in [2.05, 4.69) is 24.0 Å². The van der Waals surface area contributed by atoms with Gasteiger partial charge in [-0.2, -0.15) is 8.61 Å². The lowest BCUT2D eigenvalue weighted by molar-refractivity contribution is 0.239. The van der Waals surface area contributed by atoms with Gasteiger partial charge in [0.05, 0.1) is 9.79 Å². The summed E-state index contributed by atoms with van der Waals surface area (Å²) in [6, 6.07) is 16.1. The lowest BCUT2D eigenvalue weighted by atomic mass is 10.1. The number of likely N-dealkylation sites (N-methyl/N-ethyl adjacent to an activating group) is 1. The van der Waals surface area contributed by atoms with Crippen LogP contribution in [0.1, 0.15) is 44.7 Å². The molecule has 4 rings (SSSR count). The second-order valence-corrected chi connectivity index (χ2v) is 12.6. The van der Waals surface area contributed by atoms with Crippen molar-refractivity contribution >= 4 is 20.0 Å². The normalized spacial score (nSPS) is 21.6. The van der Waals surface area contributed by atoms with Crippen molar-refractivity contribution in [3.05, 3.63) is 60.2 Å². The summed E-state index contributed by atoms with van der Waals surface area (Å²) < 4.78 is 55.5. The Balaban J connectivity index is 1.50. The van der Waals surface area contributed by atoms with Gasteiger partial charge in [0.2, 0.25) is 20.0 Å². The predicted octanol–water partition coefficient (Wildman–Crippen LogP) is 3.32. The van der Waals surface area contributed by atoms with Gasteiger partial charge in [-0.3, -0.25) is 4.90 Å². The first-order valence-corrected chi connectivity index (χ1v) is 14.5. The Morgan fingerprint density at radius 3 is 2.12 bits per heavy atom. The maximum atomic E-state index is 13.5. The maximum absolute atomic E-state index is 13.5. The first-order valence-electron chi connectivity index (χ1n) is 11.7. The van der Waals surface area contributed by atoms with Gasteiger partial charge in [0.25, 0.3) is 0 Å². The van der Waals surface area contributed by atoms with Crippen LogP contribution in [-0.2, 0) is 20.0 Å². The van der Waals surface area contributed by atoms with Gasteiger partial charge in [-0.15, -0.1) is 0 Å². The van der Waals surface area contributed by atoms with Gasteiger partial charge in [-0.1, -0.05) is 37.3 Å². The number of rotatable bonds is 8. The highest BCUT2D eigenvalue weighted by molar-refractivity contribution is 7.89. The van der Waals surface area contributed by atoms with Gasteiger partial charge < -0.3 is 0 Å². The van der Waals surface area contributed by atoms with Crippen molar-refractivity contribution in [1.82, 2.24) is 13.5 Å². The third-order valence-corrected chi connectivity index (χ3v) is 10.8. The van der Waals surface area contributed by atoms with E-state index in [0.717, 1.165) is 25.8 Å². The van der Waals surface area contributed by atoms with Crippen molar-refractivity contribution in [2.75, 3.05) is 32.7 Å². The van der Waals surface area contributed by atoms with Gasteiger partial charge in [-0.05, 0) is 56.0 Å². The maximum Gasteiger partial charge on any atom is 0.243 e. The van der Waals surface area contributed by atoms with Gasteiger partial charge in [-0.25, -0.2) is 16.8 Å². The molecule has 0 radical (unpaired) electrons. The Bertz CT molecular complexity index is 1150. The quantitative estimate of drug-likeness (QED) is 0.566. The van der Waals surface area contributed by atoms with Crippen molar-refractivity contribution in [3.8, 4) is 0 Å². The molecule has 33 heavy (non-hydrogen) atoms. The molecule has 9 heteroatoms. The number of likely N-dealkylation sites (tertiary alicyclic amines) is 1. The van der Waals surface area contributed by atoms with Crippen LogP contribution in [0, 0.1) is 0 Å². The molecule has 0 N–H and O–H groups in total. The van der Waals surface area contributed by atoms with Crippen LogP contribution in [0.25, 0.3) is 0 Å². The molecule has 0 saturated carbocycles. The van der Waals surface area contributed by atoms with Crippen molar-refractivity contribution < 1.29 is 16.8 Å². The summed E-state index contributed by atoms with van der Waals surface area (Å²) in [6.45, 7) is 6.92. The van der Waals surface area contributed by atoms with Crippen molar-refractivity contribution in [3.63, 3.8) is 0 Å². The molecule has 2 heterocycles. The fourth-order valence-corrected chi connectivity index (χ4v) is 8.09. The van der Waals surface area contributed by atoms with E-state index >= 15 is 0 Å². The minimum atomic E-state index is -3.73. The number of sulfonamides is 2. The Morgan fingerprint density at radius 1 is 0.909 bits per heavy atom. The van der Waals surface area contributed by atoms with Crippen LogP contribution in [0.4, 0.5) is 0 Å². The highest BCUT2D eigenvalue weighted by Crippen LogP contribution is 2.30. The molecule has 0 spiro atoms. The van der Waals surface area contributed by atoms with E-state index in [1.54, 1.807) is 4.31 Å². The van der Waals surface area contributed by atoms with Crippen LogP contribution in [0.2, 0.25) is 0 Å². The van der Waals surface area contributed by atoms with E-state index in [-0.39, 0.29) is 21.9 Å². The van der Waals surface area contributed by atoms with Gasteiger partial charge in [0.1, 0.15) is 0 Å². The highest BCUT2D eigenvalue weighted by atomic mass is 32.2. The average molecular weight is 492 g/mol. The SMILES string of the molecule is CCN([C@@H]1CCN([C@H](C)c2ccccc2)C1)S(=O)(=O)c1ccc(S(=O)(=O)N2CCCC2)cc1. The van der Waals surface area contributed by atoms with E-state index in [1.165, 1.54) is 34.1 Å². The molecule has 7 nitrogen and oxygen atoms in total. The zero-order valence-corrected chi connectivity index (χ0v) is 20.9. The zero-order chi connectivity index (χ0) is 23.6. The molecule has 0 bridgehead atoms. The first-order chi connectivity index (χ1) is 15.7. The summed E-state index contributed by atoms with van der Waals surface area (Å²) in [4.78, 5) is 2.61. The summed E-state index contributed by atoms with van der Waals surface area (Å²) in [7, 11) is -7.30. The second kappa shape index (κ2) is 9.84. The van der Waals surface area contributed by atoms with Crippen LogP contribution in [-0.4, -0.2) is 69.1 Å². The van der Waals surface area contributed by atoms with Crippen LogP contribution < -0.4 is 0 Å². The molecule has 0 aromatic heterocycles. The summed E-state index contributed by atoms with van der Waals surface area (Å²) in [5.41, 5.74) is 1.22. The summed E-state index contributed by atoms with van der Waals surface area (Å²) in [5.74, 6) is 0. The Morgan fingerprint density at radius 2 is 1.52 bits per heavy atom. The zero-order valence-electron chi connectivity index (χ0n) is 19.3. The summed E-state index contributed by atoms with van der Waals surface area (Å²) >= 11 is 0. The molecular weight excluding hydrogens is 458 g/mol. The lowest BCUT2D eigenvalue weighted by Crippen LogP contribution is -2.42. The minimum Gasteiger partial charge on any atom is -0.295 e. The molecule has 2 aliphatic heterocycles. The van der Waals surface area contributed by atoms with Crippen molar-refractivity contribution in [1.29, 1.82) is 0 Å². The Labute approximate surface area is 198 Å². The first kappa shape index (κ1) is 24.3. The van der Waals surface area contributed by atoms with Gasteiger partial charge in [0.15, 0.2) is 0 Å². The van der Waals surface area contributed by atoms with Crippen molar-refractivity contribution in [2.24, 2.45) is 0 Å². The lowest BCUT2D eigenvalue weighted by Gasteiger charge is -2.29. The molecule has 2 saturated heterocycles. The summed E-state index contributed by atoms with van der Waals surface area (Å²) in [5, 5.41) is 0. The molecule has 2 aromatic carbocycles. The second-order valence-electron chi connectivity index (χ2n) is 8.82. The molecule has 2 atom stereocenters. The average Bonchev–Trinajstić information content (AvgIpc) is 3.53. The van der Waals surface area contributed by atoms with Crippen LogP contribution >= 0.6 is 0 Å². The van der Waals surface area contributed by atoms with E-state index < -0.39 is 20.0 Å². The van der Waals surface area contributed by atoms with Gasteiger partial charge in [0, 0.05) is 44.8 Å². The summed E-state index contributed by atoms with van der Waals surface area (Å²) in [6.07, 6.45) is 2.49. The smallest absolute Gasteiger partial charge is 0.243 e. The fraction of sp³-hybridized carbons (Fsp3) is 0.500. The Kier molecular flexibility index (Phi) is 7.26. The Hall–Kier alpha value is -1.78. The van der Waals surface area contributed by atoms with E-state index in [9.17, 15) is 16.8 Å². The molecule has 2 fully saturated rings. The third kappa shape index (κ3) is 4.88. The number of benzene rings is 2. The predicted molar refractivity (Wildman–Crippen MR) is 129 cm³/mol. The van der Waals surface area contributed by atoms with Crippen LogP contribution in [0.5, 0.6) is 0 Å². The van der Waals surface area contributed by atoms with E-state index in [0.29, 0.717) is 26.2 Å². The fourth-order valence-electron chi connectivity index (χ4n) is 4.92. The number of hydrogen-bond donors (Lipinski definition) is 0. The topological polar surface area (TPSA) is 78.0 Å². The molecule has 2 aliphatic rings. The molecule has 2 aromatic rings. The molecule has 180 valence electrons. The highest BCUT2D eigenvalue weighted by Gasteiger charge is 2.36. The molecule has 0 unspecified atom stereocenters. The number of nitrogens with zero attached hydrogens (tertiary/aromatic N) is 3. The van der Waals surface area contributed by atoms with Crippen molar-refractivity contribution in [2.45, 2.75) is 55.0 Å². The monoisotopic (exact) mass is 491 g/mol. The van der Waals surface area contributed by atoms with Gasteiger partial charge >= 0.3 is 0 Å². The molecule has 0 aliphatic carbocycles. The molecular formula is C24H33N3O4S2.